The summed E-state index contributed by atoms with van der Waals surface area (Å²) >= 11 is 0. The summed E-state index contributed by atoms with van der Waals surface area (Å²) in [6, 6.07) is 10.3. The van der Waals surface area contributed by atoms with E-state index < -0.39 is 10.0 Å². The first kappa shape index (κ1) is 21.1. The highest BCUT2D eigenvalue weighted by Crippen LogP contribution is 2.31. The Morgan fingerprint density at radius 2 is 1.83 bits per heavy atom. The molecule has 3 rings (SSSR count). The number of anilines is 1. The normalized spacial score (nSPS) is 13.9. The number of ether oxygens (including phenoxy) is 2. The first-order chi connectivity index (χ1) is 13.8. The molecular formula is C21H26N2O5S. The zero-order chi connectivity index (χ0) is 21.2. The number of fused-ring (bicyclic) bond motifs is 1. The number of hydrogen-bond donors (Lipinski definition) is 0. The minimum atomic E-state index is -3.69. The Labute approximate surface area is 171 Å². The molecule has 1 amide bonds. The van der Waals surface area contributed by atoms with Gasteiger partial charge in [-0.2, -0.15) is 4.31 Å². The highest BCUT2D eigenvalue weighted by Gasteiger charge is 2.25. The summed E-state index contributed by atoms with van der Waals surface area (Å²) in [4.78, 5) is 13.8. The van der Waals surface area contributed by atoms with Crippen LogP contribution < -0.4 is 14.4 Å². The Hall–Kier alpha value is -2.58. The van der Waals surface area contributed by atoms with Crippen molar-refractivity contribution in [2.75, 3.05) is 32.7 Å². The zero-order valence-corrected chi connectivity index (χ0v) is 18.0. The van der Waals surface area contributed by atoms with Crippen LogP contribution in [0.25, 0.3) is 0 Å². The number of rotatable bonds is 6. The summed E-state index contributed by atoms with van der Waals surface area (Å²) in [6.45, 7) is 2.38. The molecule has 0 saturated carbocycles. The largest absolute Gasteiger partial charge is 0.493 e. The quantitative estimate of drug-likeness (QED) is 0.721. The molecule has 0 saturated heterocycles. The van der Waals surface area contributed by atoms with Crippen molar-refractivity contribution in [1.82, 2.24) is 4.31 Å². The summed E-state index contributed by atoms with van der Waals surface area (Å²) in [6.07, 6.45) is 1.57. The van der Waals surface area contributed by atoms with Crippen molar-refractivity contribution < 1.29 is 22.7 Å². The van der Waals surface area contributed by atoms with Crippen LogP contribution in [0, 0.1) is 0 Å². The third-order valence-electron chi connectivity index (χ3n) is 5.11. The second-order valence-electron chi connectivity index (χ2n) is 7.02. The van der Waals surface area contributed by atoms with Crippen molar-refractivity contribution in [1.29, 1.82) is 0 Å². The fourth-order valence-corrected chi connectivity index (χ4v) is 4.77. The molecule has 0 spiro atoms. The van der Waals surface area contributed by atoms with Crippen molar-refractivity contribution in [3.05, 3.63) is 47.5 Å². The van der Waals surface area contributed by atoms with Crippen LogP contribution in [0.3, 0.4) is 0 Å². The molecule has 0 radical (unpaired) electrons. The molecule has 0 atom stereocenters. The number of nitrogens with zero attached hydrogens (tertiary/aromatic N) is 2. The molecule has 8 heteroatoms. The minimum Gasteiger partial charge on any atom is -0.493 e. The number of carbonyl (C=O) groups is 1. The summed E-state index contributed by atoms with van der Waals surface area (Å²) in [7, 11) is 0.957. The van der Waals surface area contributed by atoms with Crippen LogP contribution in [0.4, 0.5) is 5.69 Å². The van der Waals surface area contributed by atoms with E-state index in [0.29, 0.717) is 18.0 Å². The third-order valence-corrected chi connectivity index (χ3v) is 6.91. The van der Waals surface area contributed by atoms with Crippen LogP contribution in [0.5, 0.6) is 11.5 Å². The van der Waals surface area contributed by atoms with Gasteiger partial charge in [0.15, 0.2) is 11.5 Å². The Bertz CT molecular complexity index is 1020. The predicted octanol–water partition coefficient (Wildman–Crippen LogP) is 2.82. The van der Waals surface area contributed by atoms with Gasteiger partial charge in [0, 0.05) is 32.7 Å². The van der Waals surface area contributed by atoms with E-state index in [1.54, 1.807) is 56.5 Å². The topological polar surface area (TPSA) is 76.2 Å². The Morgan fingerprint density at radius 3 is 2.48 bits per heavy atom. The molecule has 156 valence electrons. The van der Waals surface area contributed by atoms with Crippen LogP contribution in [0.1, 0.15) is 24.5 Å². The molecule has 2 aromatic carbocycles. The van der Waals surface area contributed by atoms with Crippen LogP contribution in [-0.4, -0.2) is 46.4 Å². The molecule has 1 heterocycles. The first-order valence-corrected chi connectivity index (χ1v) is 10.8. The van der Waals surface area contributed by atoms with E-state index in [-0.39, 0.29) is 17.3 Å². The average molecular weight is 419 g/mol. The van der Waals surface area contributed by atoms with Gasteiger partial charge in [0.1, 0.15) is 0 Å². The van der Waals surface area contributed by atoms with Crippen molar-refractivity contribution in [2.24, 2.45) is 0 Å². The monoisotopic (exact) mass is 418 g/mol. The van der Waals surface area contributed by atoms with Crippen LogP contribution in [0.2, 0.25) is 0 Å². The lowest BCUT2D eigenvalue weighted by Gasteiger charge is -2.29. The van der Waals surface area contributed by atoms with Crippen LogP contribution >= 0.6 is 0 Å². The maximum atomic E-state index is 13.1. The Balaban J connectivity index is 1.86. The number of amides is 1. The van der Waals surface area contributed by atoms with Crippen LogP contribution in [-0.2, 0) is 27.8 Å². The van der Waals surface area contributed by atoms with Gasteiger partial charge in [0.25, 0.3) is 0 Å². The maximum absolute atomic E-state index is 13.1. The van der Waals surface area contributed by atoms with Gasteiger partial charge in [-0.3, -0.25) is 4.79 Å². The summed E-state index contributed by atoms with van der Waals surface area (Å²) in [5.74, 6) is 1.10. The summed E-state index contributed by atoms with van der Waals surface area (Å²) in [5, 5.41) is 0. The highest BCUT2D eigenvalue weighted by atomic mass is 32.2. The van der Waals surface area contributed by atoms with E-state index in [9.17, 15) is 13.2 Å². The number of aryl methyl sites for hydroxylation is 1. The van der Waals surface area contributed by atoms with E-state index in [4.69, 9.17) is 9.47 Å². The van der Waals surface area contributed by atoms with Crippen molar-refractivity contribution >= 4 is 21.6 Å². The van der Waals surface area contributed by atoms with Crippen molar-refractivity contribution in [2.45, 2.75) is 31.2 Å². The van der Waals surface area contributed by atoms with E-state index in [2.05, 4.69) is 0 Å². The third kappa shape index (κ3) is 4.23. The molecule has 2 aromatic rings. The maximum Gasteiger partial charge on any atom is 0.243 e. The molecule has 0 fully saturated rings. The van der Waals surface area contributed by atoms with Gasteiger partial charge in [0.2, 0.25) is 15.9 Å². The van der Waals surface area contributed by atoms with Crippen molar-refractivity contribution in [3.63, 3.8) is 0 Å². The van der Waals surface area contributed by atoms with Gasteiger partial charge in [-0.25, -0.2) is 8.42 Å². The van der Waals surface area contributed by atoms with Gasteiger partial charge >= 0.3 is 0 Å². The summed E-state index contributed by atoms with van der Waals surface area (Å²) in [5.41, 5.74) is 2.46. The van der Waals surface area contributed by atoms with Gasteiger partial charge in [0.05, 0.1) is 19.1 Å². The van der Waals surface area contributed by atoms with Gasteiger partial charge in [-0.1, -0.05) is 6.07 Å². The second kappa shape index (κ2) is 8.42. The molecule has 7 nitrogen and oxygen atoms in total. The molecule has 0 N–H and O–H groups in total. The van der Waals surface area contributed by atoms with E-state index >= 15 is 0 Å². The van der Waals surface area contributed by atoms with Crippen molar-refractivity contribution in [3.8, 4) is 11.5 Å². The molecule has 1 aliphatic rings. The molecule has 0 bridgehead atoms. The Kier molecular flexibility index (Phi) is 6.14. The van der Waals surface area contributed by atoms with E-state index in [1.807, 2.05) is 6.07 Å². The molecular weight excluding hydrogens is 392 g/mol. The summed E-state index contributed by atoms with van der Waals surface area (Å²) < 4.78 is 38.0. The second-order valence-corrected chi connectivity index (χ2v) is 9.06. The average Bonchev–Trinajstić information content (AvgIpc) is 2.72. The number of benzene rings is 2. The predicted molar refractivity (Wildman–Crippen MR) is 111 cm³/mol. The molecule has 0 unspecified atom stereocenters. The van der Waals surface area contributed by atoms with E-state index in [0.717, 1.165) is 29.7 Å². The fourth-order valence-electron chi connectivity index (χ4n) is 3.56. The van der Waals surface area contributed by atoms with Crippen LogP contribution in [0.15, 0.2) is 41.3 Å². The Morgan fingerprint density at radius 1 is 1.10 bits per heavy atom. The molecule has 0 aromatic heterocycles. The lowest BCUT2D eigenvalue weighted by atomic mass is 10.0. The molecule has 1 aliphatic heterocycles. The first-order valence-electron chi connectivity index (χ1n) is 9.36. The fraction of sp³-hybridized carbons (Fsp3) is 0.381. The highest BCUT2D eigenvalue weighted by molar-refractivity contribution is 7.89. The standard InChI is InChI=1S/C21H26N2O5S/c1-15(24)23-11-5-6-17-13-18(8-9-19(17)23)29(25,26)22(2)14-16-7-10-20(27-3)21(12-16)28-4/h7-10,12-13H,5-6,11,14H2,1-4H3. The number of methoxy groups -OCH3 is 2. The van der Waals surface area contributed by atoms with Gasteiger partial charge in [-0.05, 0) is 54.3 Å². The minimum absolute atomic E-state index is 0.0351. The van der Waals surface area contributed by atoms with E-state index in [1.165, 1.54) is 11.2 Å². The number of sulfonamides is 1. The lowest BCUT2D eigenvalue weighted by Crippen LogP contribution is -2.34. The number of hydrogen-bond acceptors (Lipinski definition) is 5. The van der Waals surface area contributed by atoms with Gasteiger partial charge in [-0.15, -0.1) is 0 Å². The molecule has 0 aliphatic carbocycles. The smallest absolute Gasteiger partial charge is 0.243 e. The molecule has 29 heavy (non-hydrogen) atoms. The zero-order valence-electron chi connectivity index (χ0n) is 17.1. The lowest BCUT2D eigenvalue weighted by molar-refractivity contribution is -0.116. The SMILES string of the molecule is COc1ccc(CN(C)S(=O)(=O)c2ccc3c(c2)CCCN3C(C)=O)cc1OC. The van der Waals surface area contributed by atoms with Gasteiger partial charge < -0.3 is 14.4 Å². The number of carbonyl (C=O) groups excluding carboxylic acids is 1.